The molecule has 1 atom stereocenters. The van der Waals surface area contributed by atoms with E-state index in [2.05, 4.69) is 9.97 Å². The molecule has 3 heterocycles. The zero-order chi connectivity index (χ0) is 15.7. The SMILES string of the molecule is Cc1cccc(C(=O)N2CCC[C@@H]2c2nc(C(=O)O)cs2)n1. The van der Waals surface area contributed by atoms with Crippen LogP contribution in [0.1, 0.15) is 50.6 Å². The number of likely N-dealkylation sites (tertiary alicyclic amines) is 1. The normalized spacial score (nSPS) is 17.7. The van der Waals surface area contributed by atoms with Crippen molar-refractivity contribution < 1.29 is 14.7 Å². The minimum atomic E-state index is -1.04. The maximum Gasteiger partial charge on any atom is 0.355 e. The summed E-state index contributed by atoms with van der Waals surface area (Å²) >= 11 is 1.29. The minimum absolute atomic E-state index is 0.0352. The Morgan fingerprint density at radius 3 is 2.82 bits per heavy atom. The van der Waals surface area contributed by atoms with Gasteiger partial charge in [0.1, 0.15) is 10.7 Å². The molecule has 0 radical (unpaired) electrons. The first kappa shape index (κ1) is 14.6. The van der Waals surface area contributed by atoms with Crippen molar-refractivity contribution in [3.63, 3.8) is 0 Å². The van der Waals surface area contributed by atoms with E-state index in [-0.39, 0.29) is 17.6 Å². The van der Waals surface area contributed by atoms with Crippen LogP contribution in [0.4, 0.5) is 0 Å². The number of pyridine rings is 1. The van der Waals surface area contributed by atoms with Gasteiger partial charge >= 0.3 is 5.97 Å². The number of thiazole rings is 1. The van der Waals surface area contributed by atoms with E-state index in [4.69, 9.17) is 5.11 Å². The topological polar surface area (TPSA) is 83.4 Å². The molecule has 1 N–H and O–H groups in total. The smallest absolute Gasteiger partial charge is 0.355 e. The number of nitrogens with zero attached hydrogens (tertiary/aromatic N) is 3. The third-order valence-electron chi connectivity index (χ3n) is 3.65. The molecule has 2 aromatic rings. The average Bonchev–Trinajstić information content (AvgIpc) is 3.15. The molecule has 7 heteroatoms. The van der Waals surface area contributed by atoms with Crippen LogP contribution in [-0.4, -0.2) is 38.4 Å². The van der Waals surface area contributed by atoms with Gasteiger partial charge in [0.25, 0.3) is 5.91 Å². The lowest BCUT2D eigenvalue weighted by atomic mass is 10.2. The number of carboxylic acid groups (broad SMARTS) is 1. The Morgan fingerprint density at radius 1 is 1.32 bits per heavy atom. The monoisotopic (exact) mass is 317 g/mol. The Kier molecular flexibility index (Phi) is 3.89. The molecule has 0 bridgehead atoms. The van der Waals surface area contributed by atoms with Crippen LogP contribution in [0.3, 0.4) is 0 Å². The van der Waals surface area contributed by atoms with Gasteiger partial charge in [-0.05, 0) is 31.9 Å². The first-order valence-electron chi connectivity index (χ1n) is 6.99. The molecule has 1 aliphatic heterocycles. The maximum atomic E-state index is 12.6. The van der Waals surface area contributed by atoms with E-state index in [1.165, 1.54) is 16.7 Å². The summed E-state index contributed by atoms with van der Waals surface area (Å²) in [7, 11) is 0. The van der Waals surface area contributed by atoms with E-state index in [0.717, 1.165) is 18.5 Å². The number of aromatic nitrogens is 2. The Morgan fingerprint density at radius 2 is 2.14 bits per heavy atom. The molecule has 1 aliphatic rings. The van der Waals surface area contributed by atoms with Crippen LogP contribution < -0.4 is 0 Å². The van der Waals surface area contributed by atoms with Crippen LogP contribution in [0.25, 0.3) is 0 Å². The van der Waals surface area contributed by atoms with Crippen LogP contribution in [0.2, 0.25) is 0 Å². The predicted molar refractivity (Wildman–Crippen MR) is 81.1 cm³/mol. The number of aryl methyl sites for hydroxylation is 1. The van der Waals surface area contributed by atoms with Crippen molar-refractivity contribution in [3.8, 4) is 0 Å². The van der Waals surface area contributed by atoms with Crippen molar-refractivity contribution in [3.05, 3.63) is 45.7 Å². The van der Waals surface area contributed by atoms with Gasteiger partial charge in [0.05, 0.1) is 6.04 Å². The number of aromatic carboxylic acids is 1. The van der Waals surface area contributed by atoms with Gasteiger partial charge in [0.15, 0.2) is 5.69 Å². The molecule has 114 valence electrons. The van der Waals surface area contributed by atoms with Crippen molar-refractivity contribution in [1.82, 2.24) is 14.9 Å². The average molecular weight is 317 g/mol. The Labute approximate surface area is 131 Å². The van der Waals surface area contributed by atoms with Crippen molar-refractivity contribution in [2.45, 2.75) is 25.8 Å². The zero-order valence-corrected chi connectivity index (χ0v) is 12.8. The van der Waals surface area contributed by atoms with Gasteiger partial charge in [0.2, 0.25) is 0 Å². The maximum absolute atomic E-state index is 12.6. The summed E-state index contributed by atoms with van der Waals surface area (Å²) < 4.78 is 0. The first-order valence-corrected chi connectivity index (χ1v) is 7.87. The van der Waals surface area contributed by atoms with Gasteiger partial charge in [-0.15, -0.1) is 11.3 Å². The largest absolute Gasteiger partial charge is 0.476 e. The quantitative estimate of drug-likeness (QED) is 0.940. The fraction of sp³-hybridized carbons (Fsp3) is 0.333. The Balaban J connectivity index is 1.86. The number of hydrogen-bond acceptors (Lipinski definition) is 5. The van der Waals surface area contributed by atoms with Gasteiger partial charge in [-0.25, -0.2) is 14.8 Å². The third kappa shape index (κ3) is 2.71. The standard InChI is InChI=1S/C15H15N3O3S/c1-9-4-2-5-10(16-9)14(19)18-7-3-6-12(18)13-17-11(8-22-13)15(20)21/h2,4-5,8,12H,3,6-7H2,1H3,(H,20,21)/t12-/m1/s1. The molecular weight excluding hydrogens is 302 g/mol. The molecule has 0 unspecified atom stereocenters. The van der Waals surface area contributed by atoms with Crippen LogP contribution in [0.5, 0.6) is 0 Å². The Bertz CT molecular complexity index is 728. The highest BCUT2D eigenvalue weighted by molar-refractivity contribution is 7.09. The molecule has 1 saturated heterocycles. The van der Waals surface area contributed by atoms with Gasteiger partial charge in [-0.1, -0.05) is 6.07 Å². The highest BCUT2D eigenvalue weighted by atomic mass is 32.1. The van der Waals surface area contributed by atoms with E-state index in [9.17, 15) is 9.59 Å². The van der Waals surface area contributed by atoms with E-state index in [1.807, 2.05) is 19.1 Å². The molecule has 0 aromatic carbocycles. The van der Waals surface area contributed by atoms with Crippen LogP contribution >= 0.6 is 11.3 Å². The van der Waals surface area contributed by atoms with Gasteiger partial charge in [-0.3, -0.25) is 4.79 Å². The van der Waals surface area contributed by atoms with Crippen LogP contribution in [-0.2, 0) is 0 Å². The summed E-state index contributed by atoms with van der Waals surface area (Å²) in [6.07, 6.45) is 1.67. The van der Waals surface area contributed by atoms with Crippen LogP contribution in [0, 0.1) is 6.92 Å². The fourth-order valence-electron chi connectivity index (χ4n) is 2.61. The lowest BCUT2D eigenvalue weighted by molar-refractivity contribution is 0.0691. The Hall–Kier alpha value is -2.28. The highest BCUT2D eigenvalue weighted by Gasteiger charge is 2.33. The number of rotatable bonds is 3. The highest BCUT2D eigenvalue weighted by Crippen LogP contribution is 2.34. The van der Waals surface area contributed by atoms with E-state index in [1.54, 1.807) is 11.0 Å². The van der Waals surface area contributed by atoms with Crippen LogP contribution in [0.15, 0.2) is 23.6 Å². The molecule has 6 nitrogen and oxygen atoms in total. The minimum Gasteiger partial charge on any atom is -0.476 e. The molecule has 1 fully saturated rings. The number of amides is 1. The molecule has 2 aromatic heterocycles. The summed E-state index contributed by atoms with van der Waals surface area (Å²) in [6.45, 7) is 2.49. The fourth-order valence-corrected chi connectivity index (χ4v) is 3.55. The summed E-state index contributed by atoms with van der Waals surface area (Å²) in [5, 5.41) is 11.2. The van der Waals surface area contributed by atoms with Crippen molar-refractivity contribution in [1.29, 1.82) is 0 Å². The van der Waals surface area contributed by atoms with Crippen molar-refractivity contribution in [2.24, 2.45) is 0 Å². The number of carbonyl (C=O) groups excluding carboxylic acids is 1. The molecule has 0 saturated carbocycles. The second kappa shape index (κ2) is 5.84. The summed E-state index contributed by atoms with van der Waals surface area (Å²) in [5.41, 5.74) is 1.25. The second-order valence-electron chi connectivity index (χ2n) is 5.20. The molecular formula is C15H15N3O3S. The van der Waals surface area contributed by atoms with E-state index < -0.39 is 5.97 Å². The molecule has 0 spiro atoms. The lowest BCUT2D eigenvalue weighted by Crippen LogP contribution is -2.31. The number of hydrogen-bond donors (Lipinski definition) is 1. The van der Waals surface area contributed by atoms with Gasteiger partial charge in [-0.2, -0.15) is 0 Å². The van der Waals surface area contributed by atoms with Gasteiger partial charge < -0.3 is 10.0 Å². The molecule has 22 heavy (non-hydrogen) atoms. The second-order valence-corrected chi connectivity index (χ2v) is 6.09. The summed E-state index contributed by atoms with van der Waals surface area (Å²) in [4.78, 5) is 33.8. The van der Waals surface area contributed by atoms with Crippen molar-refractivity contribution in [2.75, 3.05) is 6.54 Å². The first-order chi connectivity index (χ1) is 10.6. The van der Waals surface area contributed by atoms with Crippen molar-refractivity contribution >= 4 is 23.2 Å². The zero-order valence-electron chi connectivity index (χ0n) is 12.0. The molecule has 3 rings (SSSR count). The lowest BCUT2D eigenvalue weighted by Gasteiger charge is -2.22. The van der Waals surface area contributed by atoms with Gasteiger partial charge in [0, 0.05) is 17.6 Å². The number of carboxylic acids is 1. The van der Waals surface area contributed by atoms with E-state index in [0.29, 0.717) is 17.2 Å². The molecule has 1 amide bonds. The molecule has 0 aliphatic carbocycles. The van der Waals surface area contributed by atoms with E-state index >= 15 is 0 Å². The number of carbonyl (C=O) groups is 2. The summed E-state index contributed by atoms with van der Waals surface area (Å²) in [6, 6.07) is 5.20. The third-order valence-corrected chi connectivity index (χ3v) is 4.59. The summed E-state index contributed by atoms with van der Waals surface area (Å²) in [5.74, 6) is -1.17. The predicted octanol–water partition coefficient (Wildman–Crippen LogP) is 2.52.